The lowest BCUT2D eigenvalue weighted by atomic mass is 10.1. The maximum Gasteiger partial charge on any atom is 0.222 e. The average Bonchev–Trinajstić information content (AvgIpc) is 3.07. The lowest BCUT2D eigenvalue weighted by Crippen LogP contribution is -2.49. The van der Waals surface area contributed by atoms with Crippen LogP contribution >= 0.6 is 0 Å². The number of nitrogens with zero attached hydrogens (tertiary/aromatic N) is 2. The second-order valence-corrected chi connectivity index (χ2v) is 6.22. The van der Waals surface area contributed by atoms with E-state index in [0.717, 1.165) is 44.8 Å². The molecular formula is C17H25N3O2. The minimum atomic E-state index is 0.290. The van der Waals surface area contributed by atoms with Crippen LogP contribution in [-0.2, 0) is 4.79 Å². The summed E-state index contributed by atoms with van der Waals surface area (Å²) in [6, 6.07) is 7.82. The Morgan fingerprint density at radius 3 is 2.55 bits per heavy atom. The van der Waals surface area contributed by atoms with Crippen molar-refractivity contribution in [3.63, 3.8) is 0 Å². The highest BCUT2D eigenvalue weighted by Gasteiger charge is 2.22. The maximum absolute atomic E-state index is 12.3. The molecule has 2 fully saturated rings. The number of benzene rings is 1. The fourth-order valence-corrected chi connectivity index (χ4v) is 3.34. The van der Waals surface area contributed by atoms with Gasteiger partial charge in [0.15, 0.2) is 0 Å². The molecule has 0 radical (unpaired) electrons. The molecule has 120 valence electrons. The Balaban J connectivity index is 1.44. The molecule has 2 heterocycles. The van der Waals surface area contributed by atoms with E-state index >= 15 is 0 Å². The summed E-state index contributed by atoms with van der Waals surface area (Å²) in [7, 11) is 0. The van der Waals surface area contributed by atoms with E-state index in [1.807, 2.05) is 17.0 Å². The van der Waals surface area contributed by atoms with Gasteiger partial charge >= 0.3 is 0 Å². The molecule has 0 saturated carbocycles. The van der Waals surface area contributed by atoms with Crippen LogP contribution < -0.4 is 10.2 Å². The van der Waals surface area contributed by atoms with Gasteiger partial charge in [0.1, 0.15) is 5.75 Å². The quantitative estimate of drug-likeness (QED) is 0.886. The smallest absolute Gasteiger partial charge is 0.222 e. The molecule has 0 bridgehead atoms. The summed E-state index contributed by atoms with van der Waals surface area (Å²) in [4.78, 5) is 16.5. The first-order chi connectivity index (χ1) is 10.7. The first kappa shape index (κ1) is 15.2. The Labute approximate surface area is 131 Å². The monoisotopic (exact) mass is 303 g/mol. The molecule has 0 aromatic heterocycles. The molecule has 1 amide bonds. The highest BCUT2D eigenvalue weighted by Crippen LogP contribution is 2.20. The van der Waals surface area contributed by atoms with Crippen LogP contribution in [0.15, 0.2) is 24.3 Å². The van der Waals surface area contributed by atoms with Crippen LogP contribution in [0.2, 0.25) is 0 Å². The molecule has 1 aromatic carbocycles. The van der Waals surface area contributed by atoms with Gasteiger partial charge in [-0.1, -0.05) is 0 Å². The van der Waals surface area contributed by atoms with Gasteiger partial charge in [-0.3, -0.25) is 4.79 Å². The molecule has 1 atom stereocenters. The van der Waals surface area contributed by atoms with Crippen LogP contribution in [-0.4, -0.2) is 54.7 Å². The number of carbonyl (C=O) groups excluding carboxylic acids is 1. The molecule has 0 spiro atoms. The van der Waals surface area contributed by atoms with Gasteiger partial charge in [0.05, 0.1) is 0 Å². The van der Waals surface area contributed by atoms with E-state index in [-0.39, 0.29) is 5.75 Å². The number of nitrogens with one attached hydrogen (secondary N) is 1. The van der Waals surface area contributed by atoms with Gasteiger partial charge in [0, 0.05) is 44.3 Å². The molecule has 1 aromatic rings. The Morgan fingerprint density at radius 1 is 1.18 bits per heavy atom. The topological polar surface area (TPSA) is 55.8 Å². The van der Waals surface area contributed by atoms with E-state index in [4.69, 9.17) is 0 Å². The van der Waals surface area contributed by atoms with Crippen LogP contribution in [0.3, 0.4) is 0 Å². The van der Waals surface area contributed by atoms with Crippen molar-refractivity contribution in [3.8, 4) is 5.75 Å². The standard InChI is InChI=1S/C17H25N3O2/c21-16-6-4-15(5-7-16)19-10-12-20(13-11-19)17(22)8-3-14-2-1-9-18-14/h4-7,14,18,21H,1-3,8-13H2. The van der Waals surface area contributed by atoms with E-state index in [1.54, 1.807) is 12.1 Å². The molecule has 5 heteroatoms. The van der Waals surface area contributed by atoms with E-state index in [9.17, 15) is 9.90 Å². The first-order valence-corrected chi connectivity index (χ1v) is 8.27. The minimum Gasteiger partial charge on any atom is -0.508 e. The lowest BCUT2D eigenvalue weighted by Gasteiger charge is -2.36. The number of hydrogen-bond donors (Lipinski definition) is 2. The van der Waals surface area contributed by atoms with Crippen LogP contribution in [0.1, 0.15) is 25.7 Å². The predicted molar refractivity (Wildman–Crippen MR) is 87.2 cm³/mol. The number of anilines is 1. The summed E-state index contributed by atoms with van der Waals surface area (Å²) in [5.74, 6) is 0.581. The number of amides is 1. The number of hydrogen-bond acceptors (Lipinski definition) is 4. The first-order valence-electron chi connectivity index (χ1n) is 8.27. The second-order valence-electron chi connectivity index (χ2n) is 6.22. The van der Waals surface area contributed by atoms with E-state index < -0.39 is 0 Å². The number of phenols is 1. The number of piperazine rings is 1. The normalized spacial score (nSPS) is 22.1. The van der Waals surface area contributed by atoms with Crippen molar-refractivity contribution in [2.75, 3.05) is 37.6 Å². The van der Waals surface area contributed by atoms with Crippen molar-refractivity contribution in [3.05, 3.63) is 24.3 Å². The minimum absolute atomic E-state index is 0.290. The van der Waals surface area contributed by atoms with Crippen molar-refractivity contribution in [2.24, 2.45) is 0 Å². The molecule has 22 heavy (non-hydrogen) atoms. The van der Waals surface area contributed by atoms with Crippen molar-refractivity contribution in [1.29, 1.82) is 0 Å². The number of phenolic OH excluding ortho intramolecular Hbond substituents is 1. The summed E-state index contributed by atoms with van der Waals surface area (Å²) in [5, 5.41) is 12.8. The third kappa shape index (κ3) is 3.71. The van der Waals surface area contributed by atoms with Gasteiger partial charge in [-0.05, 0) is 50.1 Å². The predicted octanol–water partition coefficient (Wildman–Crippen LogP) is 1.57. The van der Waals surface area contributed by atoms with Crippen molar-refractivity contribution in [1.82, 2.24) is 10.2 Å². The SMILES string of the molecule is O=C(CCC1CCCN1)N1CCN(c2ccc(O)cc2)CC1. The fourth-order valence-electron chi connectivity index (χ4n) is 3.34. The molecule has 5 nitrogen and oxygen atoms in total. The van der Waals surface area contributed by atoms with Gasteiger partial charge in [-0.25, -0.2) is 0 Å². The molecule has 2 aliphatic heterocycles. The Bertz CT molecular complexity index is 489. The van der Waals surface area contributed by atoms with Crippen molar-refractivity contribution >= 4 is 11.6 Å². The Kier molecular flexibility index (Phi) is 4.83. The third-order valence-corrected chi connectivity index (χ3v) is 4.72. The van der Waals surface area contributed by atoms with Crippen molar-refractivity contribution < 1.29 is 9.90 Å². The Hall–Kier alpha value is -1.75. The van der Waals surface area contributed by atoms with E-state index in [2.05, 4.69) is 10.2 Å². The molecule has 2 aliphatic rings. The van der Waals surface area contributed by atoms with Gasteiger partial charge < -0.3 is 20.2 Å². The zero-order valence-corrected chi connectivity index (χ0v) is 13.0. The summed E-state index contributed by atoms with van der Waals surface area (Å²) >= 11 is 0. The van der Waals surface area contributed by atoms with E-state index in [0.29, 0.717) is 18.4 Å². The lowest BCUT2D eigenvalue weighted by molar-refractivity contribution is -0.131. The molecule has 0 aliphatic carbocycles. The number of carbonyl (C=O) groups is 1. The van der Waals surface area contributed by atoms with Crippen LogP contribution in [0.5, 0.6) is 5.75 Å². The summed E-state index contributed by atoms with van der Waals surface area (Å²) < 4.78 is 0. The number of aromatic hydroxyl groups is 1. The zero-order valence-electron chi connectivity index (χ0n) is 13.0. The largest absolute Gasteiger partial charge is 0.508 e. The Morgan fingerprint density at radius 2 is 1.91 bits per heavy atom. The summed E-state index contributed by atoms with van der Waals surface area (Å²) in [5.41, 5.74) is 1.11. The van der Waals surface area contributed by atoms with Gasteiger partial charge in [-0.15, -0.1) is 0 Å². The molecule has 2 saturated heterocycles. The molecule has 3 rings (SSSR count). The van der Waals surface area contributed by atoms with E-state index in [1.165, 1.54) is 12.8 Å². The van der Waals surface area contributed by atoms with Crippen LogP contribution in [0.25, 0.3) is 0 Å². The summed E-state index contributed by atoms with van der Waals surface area (Å²) in [6.07, 6.45) is 4.08. The maximum atomic E-state index is 12.3. The third-order valence-electron chi connectivity index (χ3n) is 4.72. The van der Waals surface area contributed by atoms with Gasteiger partial charge in [-0.2, -0.15) is 0 Å². The highest BCUT2D eigenvalue weighted by atomic mass is 16.3. The van der Waals surface area contributed by atoms with Crippen LogP contribution in [0, 0.1) is 0 Å². The summed E-state index contributed by atoms with van der Waals surface area (Å²) in [6.45, 7) is 4.40. The highest BCUT2D eigenvalue weighted by molar-refractivity contribution is 5.76. The van der Waals surface area contributed by atoms with Crippen molar-refractivity contribution in [2.45, 2.75) is 31.7 Å². The van der Waals surface area contributed by atoms with Crippen LogP contribution in [0.4, 0.5) is 5.69 Å². The fraction of sp³-hybridized carbons (Fsp3) is 0.588. The molecular weight excluding hydrogens is 278 g/mol. The zero-order chi connectivity index (χ0) is 15.4. The van der Waals surface area contributed by atoms with Gasteiger partial charge in [0.25, 0.3) is 0 Å². The second kappa shape index (κ2) is 7.01. The average molecular weight is 303 g/mol. The molecule has 1 unspecified atom stereocenters. The molecule has 2 N–H and O–H groups in total. The van der Waals surface area contributed by atoms with Gasteiger partial charge in [0.2, 0.25) is 5.91 Å². The number of rotatable bonds is 4.